The molecule has 1 aliphatic rings. The van der Waals surface area contributed by atoms with Crippen molar-refractivity contribution in [2.75, 3.05) is 37.6 Å². The molecule has 14 nitrogen and oxygen atoms in total. The first-order chi connectivity index (χ1) is 14.6. The maximum absolute atomic E-state index is 12.9. The van der Waals surface area contributed by atoms with Gasteiger partial charge in [0.15, 0.2) is 0 Å². The van der Waals surface area contributed by atoms with Gasteiger partial charge in [0.05, 0.1) is 11.7 Å². The average Bonchev–Trinajstić information content (AvgIpc) is 3.42. The molecule has 0 amide bonds. The summed E-state index contributed by atoms with van der Waals surface area (Å²) in [5.41, 5.74) is 11.4. The summed E-state index contributed by atoms with van der Waals surface area (Å²) in [6.45, 7) is 0.972. The standard InChI is InChI=1S/C15H25N9O5S2/c16-5-9-3-4-24(8-9)11-1-2-12(31(28,29)19-7-10(25)6-17)14(30(18,26)27)13(11)15-20-22-23-21-15/h1-2,9-10,19,25H,3-8,16-17H2,(H2,18,26,27)(H,20,21,22,23)/t9-,10-/m1/s1. The molecule has 0 bridgehead atoms. The highest BCUT2D eigenvalue weighted by Crippen LogP contribution is 2.39. The lowest BCUT2D eigenvalue weighted by Crippen LogP contribution is -2.37. The smallest absolute Gasteiger partial charge is 0.242 e. The molecule has 3 rings (SSSR count). The molecule has 0 aliphatic carbocycles. The van der Waals surface area contributed by atoms with Crippen molar-refractivity contribution in [3.63, 3.8) is 0 Å². The van der Waals surface area contributed by atoms with Crippen LogP contribution in [0.2, 0.25) is 0 Å². The Morgan fingerprint density at radius 2 is 2.03 bits per heavy atom. The Balaban J connectivity index is 2.22. The molecule has 1 aromatic carbocycles. The van der Waals surface area contributed by atoms with E-state index in [-0.39, 0.29) is 23.9 Å². The fourth-order valence-corrected chi connectivity index (χ4v) is 6.07. The van der Waals surface area contributed by atoms with Gasteiger partial charge in [0, 0.05) is 31.9 Å². The van der Waals surface area contributed by atoms with Gasteiger partial charge in [0.2, 0.25) is 25.9 Å². The first kappa shape index (κ1) is 23.5. The monoisotopic (exact) mass is 475 g/mol. The van der Waals surface area contributed by atoms with Gasteiger partial charge in [0.1, 0.15) is 9.79 Å². The van der Waals surface area contributed by atoms with Gasteiger partial charge in [-0.1, -0.05) is 0 Å². The second-order valence-electron chi connectivity index (χ2n) is 7.15. The van der Waals surface area contributed by atoms with Crippen LogP contribution in [-0.4, -0.2) is 81.4 Å². The number of nitrogens with one attached hydrogen (secondary N) is 2. The minimum Gasteiger partial charge on any atom is -0.390 e. The number of primary sulfonamides is 1. The van der Waals surface area contributed by atoms with E-state index in [1.807, 2.05) is 4.90 Å². The summed E-state index contributed by atoms with van der Waals surface area (Å²) in [4.78, 5) is 0.606. The zero-order chi connectivity index (χ0) is 22.8. The molecule has 31 heavy (non-hydrogen) atoms. The van der Waals surface area contributed by atoms with Crippen molar-refractivity contribution in [1.82, 2.24) is 25.3 Å². The number of sulfonamides is 2. The van der Waals surface area contributed by atoms with Gasteiger partial charge in [-0.25, -0.2) is 26.7 Å². The minimum atomic E-state index is -4.57. The first-order valence-corrected chi connectivity index (χ1v) is 12.4. The third-order valence-corrected chi connectivity index (χ3v) is 7.57. The molecular weight excluding hydrogens is 450 g/mol. The Labute approximate surface area is 179 Å². The van der Waals surface area contributed by atoms with Gasteiger partial charge in [-0.05, 0) is 36.2 Å². The van der Waals surface area contributed by atoms with Crippen LogP contribution < -0.4 is 26.2 Å². The molecule has 1 aliphatic heterocycles. The molecule has 2 heterocycles. The molecule has 1 saturated heterocycles. The Morgan fingerprint density at radius 1 is 1.29 bits per heavy atom. The zero-order valence-corrected chi connectivity index (χ0v) is 18.1. The summed E-state index contributed by atoms with van der Waals surface area (Å²) < 4.78 is 53.1. The summed E-state index contributed by atoms with van der Waals surface area (Å²) in [6.07, 6.45) is -0.368. The summed E-state index contributed by atoms with van der Waals surface area (Å²) in [5, 5.41) is 28.4. The van der Waals surface area contributed by atoms with Crippen LogP contribution in [0.5, 0.6) is 0 Å². The topological polar surface area (TPSA) is 236 Å². The van der Waals surface area contributed by atoms with Crippen molar-refractivity contribution < 1.29 is 21.9 Å². The van der Waals surface area contributed by atoms with E-state index in [9.17, 15) is 21.9 Å². The molecule has 1 fully saturated rings. The van der Waals surface area contributed by atoms with Crippen LogP contribution in [0.1, 0.15) is 6.42 Å². The van der Waals surface area contributed by atoms with Gasteiger partial charge < -0.3 is 21.5 Å². The summed E-state index contributed by atoms with van der Waals surface area (Å²) in [6, 6.07) is 2.61. The predicted octanol–water partition coefficient (Wildman–Crippen LogP) is -3.10. The largest absolute Gasteiger partial charge is 0.390 e. The molecule has 2 atom stereocenters. The summed E-state index contributed by atoms with van der Waals surface area (Å²) in [5.74, 6) is 0.0631. The van der Waals surface area contributed by atoms with Crippen LogP contribution in [0.15, 0.2) is 21.9 Å². The second-order valence-corrected chi connectivity index (χ2v) is 10.4. The van der Waals surface area contributed by atoms with Crippen LogP contribution in [-0.2, 0) is 20.0 Å². The molecule has 172 valence electrons. The number of anilines is 1. The highest BCUT2D eigenvalue weighted by atomic mass is 32.2. The molecule has 0 radical (unpaired) electrons. The third-order valence-electron chi connectivity index (χ3n) is 4.98. The van der Waals surface area contributed by atoms with E-state index in [4.69, 9.17) is 16.6 Å². The van der Waals surface area contributed by atoms with E-state index in [1.165, 1.54) is 6.07 Å². The van der Waals surface area contributed by atoms with E-state index in [0.29, 0.717) is 25.3 Å². The maximum atomic E-state index is 12.9. The van der Waals surface area contributed by atoms with Crippen molar-refractivity contribution in [3.05, 3.63) is 12.1 Å². The highest BCUT2D eigenvalue weighted by Gasteiger charge is 2.34. The number of nitrogens with zero attached hydrogens (tertiary/aromatic N) is 4. The molecule has 1 aromatic heterocycles. The number of nitrogens with two attached hydrogens (primary N) is 3. The number of benzene rings is 1. The number of rotatable bonds is 9. The Kier molecular flexibility index (Phi) is 6.89. The quantitative estimate of drug-likeness (QED) is 0.212. The van der Waals surface area contributed by atoms with Crippen molar-refractivity contribution in [1.29, 1.82) is 0 Å². The van der Waals surface area contributed by atoms with Gasteiger partial charge >= 0.3 is 0 Å². The maximum Gasteiger partial charge on any atom is 0.242 e. The second kappa shape index (κ2) is 9.11. The van der Waals surface area contributed by atoms with E-state index >= 15 is 0 Å². The molecular formula is C15H25N9O5S2. The molecule has 2 aromatic rings. The number of aliphatic hydroxyl groups is 1. The van der Waals surface area contributed by atoms with Crippen molar-refractivity contribution in [3.8, 4) is 11.4 Å². The summed E-state index contributed by atoms with van der Waals surface area (Å²) in [7, 11) is -8.97. The van der Waals surface area contributed by atoms with Crippen molar-refractivity contribution in [2.24, 2.45) is 22.5 Å². The van der Waals surface area contributed by atoms with Gasteiger partial charge in [-0.2, -0.15) is 5.21 Å². The lowest BCUT2D eigenvalue weighted by atomic mass is 10.1. The van der Waals surface area contributed by atoms with Crippen LogP contribution in [0.4, 0.5) is 5.69 Å². The van der Waals surface area contributed by atoms with Crippen LogP contribution in [0, 0.1) is 5.92 Å². The fraction of sp³-hybridized carbons (Fsp3) is 0.533. The lowest BCUT2D eigenvalue weighted by molar-refractivity contribution is 0.186. The van der Waals surface area contributed by atoms with E-state index in [1.54, 1.807) is 0 Å². The van der Waals surface area contributed by atoms with E-state index < -0.39 is 42.5 Å². The highest BCUT2D eigenvalue weighted by molar-refractivity contribution is 7.92. The third kappa shape index (κ3) is 5.00. The van der Waals surface area contributed by atoms with Crippen molar-refractivity contribution >= 4 is 25.7 Å². The molecule has 16 heteroatoms. The normalized spacial score (nSPS) is 18.5. The fourth-order valence-electron chi connectivity index (χ4n) is 3.41. The van der Waals surface area contributed by atoms with Crippen molar-refractivity contribution in [2.45, 2.75) is 22.3 Å². The molecule has 9 N–H and O–H groups in total. The Bertz CT molecular complexity index is 1120. The van der Waals surface area contributed by atoms with Crippen LogP contribution >= 0.6 is 0 Å². The number of hydrogen-bond acceptors (Lipinski definition) is 11. The SMILES string of the molecule is NC[C@@H](O)CNS(=O)(=O)c1ccc(N2CC[C@H](CN)C2)c(-c2nn[nH]n2)c1S(N)(=O)=O. The number of H-pyrrole nitrogens is 1. The molecule has 0 unspecified atom stereocenters. The number of aromatic amines is 1. The summed E-state index contributed by atoms with van der Waals surface area (Å²) >= 11 is 0. The van der Waals surface area contributed by atoms with Crippen LogP contribution in [0.3, 0.4) is 0 Å². The Hall–Kier alpha value is -2.21. The van der Waals surface area contributed by atoms with E-state index in [2.05, 4.69) is 25.3 Å². The van der Waals surface area contributed by atoms with E-state index in [0.717, 1.165) is 12.5 Å². The van der Waals surface area contributed by atoms with Crippen LogP contribution in [0.25, 0.3) is 11.4 Å². The number of aliphatic hydroxyl groups excluding tert-OH is 1. The van der Waals surface area contributed by atoms with Gasteiger partial charge in [-0.3, -0.25) is 0 Å². The Morgan fingerprint density at radius 3 is 2.58 bits per heavy atom. The predicted molar refractivity (Wildman–Crippen MR) is 111 cm³/mol. The number of aromatic nitrogens is 4. The van der Waals surface area contributed by atoms with Gasteiger partial charge in [-0.15, -0.1) is 10.2 Å². The average molecular weight is 476 g/mol. The lowest BCUT2D eigenvalue weighted by Gasteiger charge is -2.24. The number of tetrazole rings is 1. The molecule has 0 saturated carbocycles. The zero-order valence-electron chi connectivity index (χ0n) is 16.5. The first-order valence-electron chi connectivity index (χ1n) is 9.35. The molecule has 0 spiro atoms. The number of hydrogen-bond donors (Lipinski definition) is 6. The van der Waals surface area contributed by atoms with Gasteiger partial charge in [0.25, 0.3) is 0 Å². The minimum absolute atomic E-state index is 0.0869.